The van der Waals surface area contributed by atoms with Crippen molar-refractivity contribution in [2.24, 2.45) is 0 Å². The molecule has 0 heterocycles. The van der Waals surface area contributed by atoms with Gasteiger partial charge >= 0.3 is 18.2 Å². The summed E-state index contributed by atoms with van der Waals surface area (Å²) in [5.41, 5.74) is -0.259. The van der Waals surface area contributed by atoms with Crippen LogP contribution in [0.15, 0.2) is 24.3 Å². The Labute approximate surface area is 158 Å². The van der Waals surface area contributed by atoms with Crippen LogP contribution >= 0.6 is 0 Å². The smallest absolute Gasteiger partial charge is 0.412 e. The molecular formula is C19H26N2O6. The first-order valence-corrected chi connectivity index (χ1v) is 8.30. The van der Waals surface area contributed by atoms with Crippen molar-refractivity contribution >= 4 is 35.6 Å². The molecule has 1 rings (SSSR count). The van der Waals surface area contributed by atoms with Crippen LogP contribution in [0.5, 0.6) is 0 Å². The first-order chi connectivity index (χ1) is 12.2. The molecule has 1 aromatic carbocycles. The molecule has 0 fully saturated rings. The van der Waals surface area contributed by atoms with Gasteiger partial charge in [-0.15, -0.1) is 0 Å². The van der Waals surface area contributed by atoms with Crippen molar-refractivity contribution in [3.63, 3.8) is 0 Å². The summed E-state index contributed by atoms with van der Waals surface area (Å²) in [6, 6.07) is 4.59. The minimum atomic E-state index is -1.15. The molecule has 0 aromatic heterocycles. The average Bonchev–Trinajstić information content (AvgIpc) is 2.43. The predicted octanol–water partition coefficient (Wildman–Crippen LogP) is 4.48. The van der Waals surface area contributed by atoms with E-state index < -0.39 is 29.4 Å². The number of hydrogen-bond acceptors (Lipinski definition) is 5. The Balaban J connectivity index is 3.05. The Morgan fingerprint density at radius 2 is 1.44 bits per heavy atom. The van der Waals surface area contributed by atoms with Crippen LogP contribution in [0.1, 0.15) is 47.1 Å². The Morgan fingerprint density at radius 3 is 1.93 bits per heavy atom. The summed E-state index contributed by atoms with van der Waals surface area (Å²) < 4.78 is 10.4. The molecule has 0 saturated heterocycles. The third kappa shape index (κ3) is 9.29. The molecule has 3 N–H and O–H groups in total. The SMILES string of the molecule is CC(C)(C)OC(=O)Nc1ccc(NC(=O)OC(C)(C)C)c(/C=C/C(=O)O)c1. The lowest BCUT2D eigenvalue weighted by Gasteiger charge is -2.21. The number of carbonyl (C=O) groups is 3. The van der Waals surface area contributed by atoms with Gasteiger partial charge in [-0.1, -0.05) is 0 Å². The third-order valence-electron chi connectivity index (χ3n) is 2.74. The number of hydrogen-bond donors (Lipinski definition) is 3. The van der Waals surface area contributed by atoms with Crippen molar-refractivity contribution in [1.29, 1.82) is 0 Å². The summed E-state index contributed by atoms with van der Waals surface area (Å²) in [5, 5.41) is 14.0. The summed E-state index contributed by atoms with van der Waals surface area (Å²) in [6.45, 7) is 10.4. The average molecular weight is 378 g/mol. The van der Waals surface area contributed by atoms with Crippen LogP contribution in [0.4, 0.5) is 21.0 Å². The van der Waals surface area contributed by atoms with Crippen LogP contribution in [-0.4, -0.2) is 34.5 Å². The van der Waals surface area contributed by atoms with Gasteiger partial charge in [0.25, 0.3) is 0 Å². The van der Waals surface area contributed by atoms with E-state index in [1.54, 1.807) is 47.6 Å². The largest absolute Gasteiger partial charge is 0.478 e. The topological polar surface area (TPSA) is 114 Å². The zero-order valence-corrected chi connectivity index (χ0v) is 16.4. The number of rotatable bonds is 4. The molecular weight excluding hydrogens is 352 g/mol. The summed E-state index contributed by atoms with van der Waals surface area (Å²) in [7, 11) is 0. The quantitative estimate of drug-likeness (QED) is 0.666. The standard InChI is InChI=1S/C19H26N2O6/c1-18(2,3)26-16(24)20-13-8-9-14(12(11-13)7-10-15(22)23)21-17(25)27-19(4,5)6/h7-11H,1-6H3,(H,20,24)(H,21,25)(H,22,23)/b10-7+. The van der Waals surface area contributed by atoms with Crippen LogP contribution in [0.25, 0.3) is 6.08 Å². The highest BCUT2D eigenvalue weighted by atomic mass is 16.6. The molecule has 0 radical (unpaired) electrons. The molecule has 0 atom stereocenters. The molecule has 1 aromatic rings. The lowest BCUT2D eigenvalue weighted by molar-refractivity contribution is -0.131. The second-order valence-electron chi connectivity index (χ2n) is 7.73. The molecule has 0 unspecified atom stereocenters. The molecule has 2 amide bonds. The van der Waals surface area contributed by atoms with Gasteiger partial charge in [-0.25, -0.2) is 14.4 Å². The van der Waals surface area contributed by atoms with Crippen molar-refractivity contribution in [3.8, 4) is 0 Å². The summed E-state index contributed by atoms with van der Waals surface area (Å²) in [6.07, 6.45) is 0.895. The predicted molar refractivity (Wildman–Crippen MR) is 103 cm³/mol. The highest BCUT2D eigenvalue weighted by Crippen LogP contribution is 2.24. The molecule has 0 aliphatic rings. The van der Waals surface area contributed by atoms with E-state index in [-0.39, 0.29) is 0 Å². The monoisotopic (exact) mass is 378 g/mol. The van der Waals surface area contributed by atoms with Crippen molar-refractivity contribution in [1.82, 2.24) is 0 Å². The fraction of sp³-hybridized carbons (Fsp3) is 0.421. The van der Waals surface area contributed by atoms with E-state index in [2.05, 4.69) is 10.6 Å². The Bertz CT molecular complexity index is 742. The number of carboxylic acid groups (broad SMARTS) is 1. The highest BCUT2D eigenvalue weighted by molar-refractivity contribution is 5.93. The molecule has 0 bridgehead atoms. The number of ether oxygens (including phenoxy) is 2. The van der Waals surface area contributed by atoms with Gasteiger partial charge in [0.1, 0.15) is 11.2 Å². The van der Waals surface area contributed by atoms with Gasteiger partial charge in [-0.3, -0.25) is 10.6 Å². The lowest BCUT2D eigenvalue weighted by atomic mass is 10.1. The van der Waals surface area contributed by atoms with E-state index in [1.807, 2.05) is 0 Å². The molecule has 0 aliphatic heterocycles. The van der Waals surface area contributed by atoms with Crippen LogP contribution in [-0.2, 0) is 14.3 Å². The second kappa shape index (κ2) is 8.57. The third-order valence-corrected chi connectivity index (χ3v) is 2.74. The number of aliphatic carboxylic acids is 1. The van der Waals surface area contributed by atoms with E-state index in [9.17, 15) is 14.4 Å². The Hall–Kier alpha value is -3.03. The first kappa shape index (κ1) is 22.0. The van der Waals surface area contributed by atoms with E-state index >= 15 is 0 Å². The summed E-state index contributed by atoms with van der Waals surface area (Å²) in [4.78, 5) is 34.7. The number of carbonyl (C=O) groups excluding carboxylic acids is 2. The van der Waals surface area contributed by atoms with Gasteiger partial charge in [0.2, 0.25) is 0 Å². The zero-order chi connectivity index (χ0) is 20.8. The second-order valence-corrected chi connectivity index (χ2v) is 7.73. The molecule has 8 heteroatoms. The number of anilines is 2. The minimum Gasteiger partial charge on any atom is -0.478 e. The molecule has 148 valence electrons. The molecule has 27 heavy (non-hydrogen) atoms. The fourth-order valence-corrected chi connectivity index (χ4v) is 1.89. The van der Waals surface area contributed by atoms with Crippen molar-refractivity contribution in [2.45, 2.75) is 52.7 Å². The maximum Gasteiger partial charge on any atom is 0.412 e. The molecule has 0 saturated carbocycles. The minimum absolute atomic E-state index is 0.330. The summed E-state index contributed by atoms with van der Waals surface area (Å²) in [5.74, 6) is -1.15. The van der Waals surface area contributed by atoms with Crippen molar-refractivity contribution in [2.75, 3.05) is 10.6 Å². The van der Waals surface area contributed by atoms with E-state index in [4.69, 9.17) is 14.6 Å². The normalized spacial score (nSPS) is 11.8. The van der Waals surface area contributed by atoms with Crippen molar-refractivity contribution in [3.05, 3.63) is 29.8 Å². The molecule has 0 spiro atoms. The van der Waals surface area contributed by atoms with E-state index in [0.717, 1.165) is 6.08 Å². The highest BCUT2D eigenvalue weighted by Gasteiger charge is 2.18. The van der Waals surface area contributed by atoms with Crippen LogP contribution in [0.2, 0.25) is 0 Å². The van der Waals surface area contributed by atoms with Gasteiger partial charge in [0.15, 0.2) is 0 Å². The number of nitrogens with one attached hydrogen (secondary N) is 2. The maximum atomic E-state index is 12.0. The van der Waals surface area contributed by atoms with E-state index in [1.165, 1.54) is 18.2 Å². The van der Waals surface area contributed by atoms with Gasteiger partial charge < -0.3 is 14.6 Å². The van der Waals surface area contributed by atoms with Crippen LogP contribution in [0.3, 0.4) is 0 Å². The fourth-order valence-electron chi connectivity index (χ4n) is 1.89. The number of amides is 2. The lowest BCUT2D eigenvalue weighted by Crippen LogP contribution is -2.28. The van der Waals surface area contributed by atoms with Crippen LogP contribution in [0, 0.1) is 0 Å². The van der Waals surface area contributed by atoms with Gasteiger partial charge in [-0.05, 0) is 65.8 Å². The van der Waals surface area contributed by atoms with Gasteiger partial charge in [-0.2, -0.15) is 0 Å². The number of benzene rings is 1. The van der Waals surface area contributed by atoms with Gasteiger partial charge in [0, 0.05) is 17.3 Å². The Morgan fingerprint density at radius 1 is 0.926 bits per heavy atom. The van der Waals surface area contributed by atoms with Crippen LogP contribution < -0.4 is 10.6 Å². The van der Waals surface area contributed by atoms with E-state index in [0.29, 0.717) is 16.9 Å². The first-order valence-electron chi connectivity index (χ1n) is 8.30. The summed E-state index contributed by atoms with van der Waals surface area (Å²) >= 11 is 0. The molecule has 0 aliphatic carbocycles. The molecule has 8 nitrogen and oxygen atoms in total. The van der Waals surface area contributed by atoms with Gasteiger partial charge in [0.05, 0.1) is 5.69 Å². The van der Waals surface area contributed by atoms with Crippen molar-refractivity contribution < 1.29 is 29.0 Å². The Kier molecular flexibility index (Phi) is 6.99. The maximum absolute atomic E-state index is 12.0. The zero-order valence-electron chi connectivity index (χ0n) is 16.4. The number of carboxylic acids is 1.